The topological polar surface area (TPSA) is 132 Å². The van der Waals surface area contributed by atoms with Crippen molar-refractivity contribution < 1.29 is 31.8 Å². The number of sulfonamides is 1. The van der Waals surface area contributed by atoms with Gasteiger partial charge in [0, 0.05) is 26.6 Å². The molecule has 2 heterocycles. The Hall–Kier alpha value is -2.59. The normalized spacial score (nSPS) is 22.4. The molecule has 0 saturated heterocycles. The van der Waals surface area contributed by atoms with Gasteiger partial charge in [-0.2, -0.15) is 18.2 Å². The van der Waals surface area contributed by atoms with E-state index in [1.165, 1.54) is 25.4 Å². The van der Waals surface area contributed by atoms with E-state index in [0.717, 1.165) is 25.7 Å². The molecule has 15 heteroatoms. The zero-order valence-electron chi connectivity index (χ0n) is 21.1. The van der Waals surface area contributed by atoms with E-state index in [2.05, 4.69) is 20.3 Å². The minimum atomic E-state index is -4.48. The van der Waals surface area contributed by atoms with Gasteiger partial charge in [-0.05, 0) is 25.5 Å². The largest absolute Gasteiger partial charge is 0.406 e. The Balaban J connectivity index is 1.72. The number of benzene rings is 1. The molecule has 0 bridgehead atoms. The highest BCUT2D eigenvalue weighted by atomic mass is 32.2. The van der Waals surface area contributed by atoms with Gasteiger partial charge in [0.05, 0.1) is 39.9 Å². The van der Waals surface area contributed by atoms with Crippen LogP contribution in [-0.2, 0) is 10.0 Å². The molecule has 0 unspecified atom stereocenters. The number of para-hydroxylation sites is 1. The van der Waals surface area contributed by atoms with E-state index in [1.54, 1.807) is 6.92 Å². The van der Waals surface area contributed by atoms with E-state index in [1.807, 2.05) is 24.3 Å². The molecule has 1 saturated carbocycles. The summed E-state index contributed by atoms with van der Waals surface area (Å²) in [6.45, 7) is 0.363. The van der Waals surface area contributed by atoms with E-state index >= 15 is 0 Å². The summed E-state index contributed by atoms with van der Waals surface area (Å²) >= 11 is 1.36. The van der Waals surface area contributed by atoms with Crippen LogP contribution < -0.4 is 10.2 Å². The Morgan fingerprint density at radius 3 is 2.45 bits per heavy atom. The number of rotatable bonds is 8. The summed E-state index contributed by atoms with van der Waals surface area (Å²) in [7, 11) is -0.887. The average Bonchev–Trinajstić information content (AvgIpc) is 3.33. The van der Waals surface area contributed by atoms with Crippen LogP contribution in [0.1, 0.15) is 12.1 Å². The van der Waals surface area contributed by atoms with Crippen molar-refractivity contribution in [3.8, 4) is 10.6 Å². The summed E-state index contributed by atoms with van der Waals surface area (Å²) in [5, 5.41) is 25.1. The highest BCUT2D eigenvalue weighted by Crippen LogP contribution is 2.38. The van der Waals surface area contributed by atoms with E-state index in [9.17, 15) is 31.8 Å². The minimum absolute atomic E-state index is 0.0116. The van der Waals surface area contributed by atoms with Crippen LogP contribution in [0.25, 0.3) is 20.8 Å². The number of aliphatic hydroxyl groups excluding tert-OH is 2. The molecule has 38 heavy (non-hydrogen) atoms. The van der Waals surface area contributed by atoms with Crippen molar-refractivity contribution >= 4 is 43.3 Å². The molecule has 3 aromatic rings. The quantitative estimate of drug-likeness (QED) is 0.371. The maximum Gasteiger partial charge on any atom is 0.406 e. The number of nitrogens with one attached hydrogen (secondary N) is 1. The Bertz CT molecular complexity index is 1380. The van der Waals surface area contributed by atoms with Crippen LogP contribution in [0.15, 0.2) is 24.3 Å². The first-order valence-corrected chi connectivity index (χ1v) is 14.4. The molecule has 1 aliphatic carbocycles. The third-order valence-electron chi connectivity index (χ3n) is 6.53. The first-order chi connectivity index (χ1) is 17.6. The smallest absolute Gasteiger partial charge is 0.390 e. The van der Waals surface area contributed by atoms with Crippen molar-refractivity contribution in [2.75, 3.05) is 43.7 Å². The molecule has 0 spiro atoms. The van der Waals surface area contributed by atoms with Crippen LogP contribution in [0.3, 0.4) is 0 Å². The predicted molar refractivity (Wildman–Crippen MR) is 140 cm³/mol. The average molecular weight is 575 g/mol. The molecule has 1 fully saturated rings. The van der Waals surface area contributed by atoms with Crippen LogP contribution in [0.5, 0.6) is 0 Å². The first kappa shape index (κ1) is 28.4. The molecular formula is C23H29F3N6O4S2. The maximum atomic E-state index is 13.1. The summed E-state index contributed by atoms with van der Waals surface area (Å²) in [4.78, 5) is 14.2. The van der Waals surface area contributed by atoms with Crippen LogP contribution >= 0.6 is 11.3 Å². The third-order valence-corrected chi connectivity index (χ3v) is 8.86. The van der Waals surface area contributed by atoms with Crippen molar-refractivity contribution in [3.05, 3.63) is 30.0 Å². The molecule has 2 aromatic heterocycles. The number of hydrogen-bond acceptors (Lipinski definition) is 10. The van der Waals surface area contributed by atoms with Gasteiger partial charge in [-0.15, -0.1) is 11.3 Å². The number of halogens is 3. The lowest BCUT2D eigenvalue weighted by molar-refractivity contribution is -0.119. The highest BCUT2D eigenvalue weighted by molar-refractivity contribution is 7.88. The Morgan fingerprint density at radius 2 is 1.82 bits per heavy atom. The molecule has 1 aliphatic rings. The van der Waals surface area contributed by atoms with E-state index in [-0.39, 0.29) is 24.7 Å². The molecule has 1 aromatic carbocycles. The number of aliphatic hydroxyl groups is 2. The van der Waals surface area contributed by atoms with E-state index in [0.29, 0.717) is 16.3 Å². The van der Waals surface area contributed by atoms with Crippen LogP contribution in [0.4, 0.5) is 24.9 Å². The Labute approximate surface area is 222 Å². The van der Waals surface area contributed by atoms with E-state index in [4.69, 9.17) is 0 Å². The fourth-order valence-electron chi connectivity index (χ4n) is 4.50. The molecule has 4 rings (SSSR count). The fourth-order valence-corrected chi connectivity index (χ4v) is 6.02. The summed E-state index contributed by atoms with van der Waals surface area (Å²) in [6, 6.07) is 6.68. The standard InChI is InChI=1S/C23H29F3N6O4S2/c1-12-17(21-29-14-7-5-6-8-16(14)37-21)20(30-22(27-12)31(2)11-23(24,25)26)28-15-9-13(18(33)19(15)34)10-32(3)38(4,35)36/h5-8,13,15,18-19,33-34H,9-11H2,1-4H3,(H,27,28,30)/t13-,15-,18-,19+/m1/s1. The fraction of sp³-hybridized carbons (Fsp3) is 0.522. The third kappa shape index (κ3) is 6.17. The zero-order chi connectivity index (χ0) is 28.0. The number of anilines is 2. The van der Waals surface area contributed by atoms with Gasteiger partial charge in [0.2, 0.25) is 16.0 Å². The van der Waals surface area contributed by atoms with Crippen LogP contribution in [-0.4, -0.2) is 95.8 Å². The molecule has 4 atom stereocenters. The number of hydrogen-bond donors (Lipinski definition) is 3. The lowest BCUT2D eigenvalue weighted by atomic mass is 10.1. The van der Waals surface area contributed by atoms with Gasteiger partial charge in [0.1, 0.15) is 23.5 Å². The molecule has 0 aliphatic heterocycles. The molecule has 0 amide bonds. The van der Waals surface area contributed by atoms with Gasteiger partial charge in [0.25, 0.3) is 0 Å². The second kappa shape index (κ2) is 10.5. The minimum Gasteiger partial charge on any atom is -0.390 e. The van der Waals surface area contributed by atoms with Gasteiger partial charge in [-0.3, -0.25) is 0 Å². The van der Waals surface area contributed by atoms with Crippen molar-refractivity contribution in [1.29, 1.82) is 0 Å². The molecule has 0 radical (unpaired) electrons. The Kier molecular flexibility index (Phi) is 7.87. The number of nitrogens with zero attached hydrogens (tertiary/aromatic N) is 5. The maximum absolute atomic E-state index is 13.1. The van der Waals surface area contributed by atoms with E-state index < -0.39 is 46.9 Å². The number of aromatic nitrogens is 3. The number of aryl methyl sites for hydroxylation is 1. The summed E-state index contributed by atoms with van der Waals surface area (Å²) in [5.41, 5.74) is 1.58. The predicted octanol–water partition coefficient (Wildman–Crippen LogP) is 2.47. The van der Waals surface area contributed by atoms with Crippen LogP contribution in [0.2, 0.25) is 0 Å². The van der Waals surface area contributed by atoms with Crippen molar-refractivity contribution in [2.24, 2.45) is 5.92 Å². The second-order valence-electron chi connectivity index (χ2n) is 9.56. The number of fused-ring (bicyclic) bond motifs is 1. The molecule has 208 valence electrons. The summed E-state index contributed by atoms with van der Waals surface area (Å²) < 4.78 is 64.9. The van der Waals surface area contributed by atoms with Crippen molar-refractivity contribution in [2.45, 2.75) is 37.8 Å². The number of thiazole rings is 1. The van der Waals surface area contributed by atoms with Gasteiger partial charge >= 0.3 is 6.18 Å². The van der Waals surface area contributed by atoms with Gasteiger partial charge in [-0.1, -0.05) is 12.1 Å². The number of alkyl halides is 3. The monoisotopic (exact) mass is 574 g/mol. The molecular weight excluding hydrogens is 545 g/mol. The van der Waals surface area contributed by atoms with Gasteiger partial charge in [0.15, 0.2) is 0 Å². The SMILES string of the molecule is Cc1nc(N(C)CC(F)(F)F)nc(N[C@@H]2C[C@H](CN(C)S(C)(=O)=O)[C@@H](O)[C@H]2O)c1-c1nc2ccccc2s1. The van der Waals surface area contributed by atoms with Gasteiger partial charge < -0.3 is 20.4 Å². The second-order valence-corrected chi connectivity index (χ2v) is 12.7. The zero-order valence-corrected chi connectivity index (χ0v) is 22.8. The Morgan fingerprint density at radius 1 is 1.13 bits per heavy atom. The first-order valence-electron chi connectivity index (χ1n) is 11.7. The molecule has 3 N–H and O–H groups in total. The highest BCUT2D eigenvalue weighted by Gasteiger charge is 2.43. The lowest BCUT2D eigenvalue weighted by Crippen LogP contribution is -2.38. The van der Waals surface area contributed by atoms with Crippen molar-refractivity contribution in [3.63, 3.8) is 0 Å². The molecule has 10 nitrogen and oxygen atoms in total. The van der Waals surface area contributed by atoms with Crippen LogP contribution in [0, 0.1) is 12.8 Å². The van der Waals surface area contributed by atoms with Gasteiger partial charge in [-0.25, -0.2) is 22.7 Å². The van der Waals surface area contributed by atoms with Crippen molar-refractivity contribution in [1.82, 2.24) is 19.3 Å². The summed E-state index contributed by atoms with van der Waals surface area (Å²) in [5.74, 6) is -0.592. The summed E-state index contributed by atoms with van der Waals surface area (Å²) in [6.07, 6.45) is -5.73. The lowest BCUT2D eigenvalue weighted by Gasteiger charge is -2.24.